The summed E-state index contributed by atoms with van der Waals surface area (Å²) in [5, 5.41) is 1.17. The summed E-state index contributed by atoms with van der Waals surface area (Å²) in [4.78, 5) is 25.1. The molecule has 2 N–H and O–H groups in total. The number of nitrogens with one attached hydrogen (secondary N) is 2. The molecular formula is C20H19ClN2O4S. The molecule has 0 saturated carbocycles. The van der Waals surface area contributed by atoms with Gasteiger partial charge in [0, 0.05) is 15.6 Å². The molecule has 1 aromatic heterocycles. The average Bonchev–Trinajstić information content (AvgIpc) is 3.07. The van der Waals surface area contributed by atoms with Gasteiger partial charge in [0.05, 0.1) is 18.7 Å². The standard InChI is InChI=1S/C20H19ClN2O4S/c1-3-10-27-14-9-8-12(11-15(14)26-2)19(24)22-23-20(25)18-17(21)13-6-4-5-7-16(13)28-18/h4-9,11H,3,10H2,1-2H3,(H,22,24)(H,23,25). The first-order chi connectivity index (χ1) is 13.5. The van der Waals surface area contributed by atoms with Gasteiger partial charge in [-0.3, -0.25) is 20.4 Å². The first-order valence-corrected chi connectivity index (χ1v) is 9.83. The van der Waals surface area contributed by atoms with Gasteiger partial charge in [0.1, 0.15) is 4.88 Å². The van der Waals surface area contributed by atoms with E-state index in [0.717, 1.165) is 16.5 Å². The maximum absolute atomic E-state index is 12.4. The van der Waals surface area contributed by atoms with Gasteiger partial charge in [0.15, 0.2) is 11.5 Å². The summed E-state index contributed by atoms with van der Waals surface area (Å²) in [5.74, 6) is 0.0438. The quantitative estimate of drug-likeness (QED) is 0.581. The largest absolute Gasteiger partial charge is 0.493 e. The lowest BCUT2D eigenvalue weighted by molar-refractivity contribution is 0.0849. The Labute approximate surface area is 171 Å². The van der Waals surface area contributed by atoms with Crippen LogP contribution in [0.15, 0.2) is 42.5 Å². The molecule has 0 radical (unpaired) electrons. The van der Waals surface area contributed by atoms with Crippen molar-refractivity contribution in [2.24, 2.45) is 0 Å². The summed E-state index contributed by atoms with van der Waals surface area (Å²) in [6.45, 7) is 2.55. The fourth-order valence-corrected chi connectivity index (χ4v) is 3.95. The minimum absolute atomic E-state index is 0.323. The van der Waals surface area contributed by atoms with E-state index in [9.17, 15) is 9.59 Å². The summed E-state index contributed by atoms with van der Waals surface area (Å²) < 4.78 is 11.7. The van der Waals surface area contributed by atoms with Crippen LogP contribution in [0.3, 0.4) is 0 Å². The second kappa shape index (κ2) is 8.95. The predicted molar refractivity (Wildman–Crippen MR) is 111 cm³/mol. The van der Waals surface area contributed by atoms with Crippen LogP contribution in [0.25, 0.3) is 10.1 Å². The molecule has 146 valence electrons. The van der Waals surface area contributed by atoms with Gasteiger partial charge in [0.25, 0.3) is 11.8 Å². The Balaban J connectivity index is 1.69. The van der Waals surface area contributed by atoms with Crippen molar-refractivity contribution in [1.82, 2.24) is 10.9 Å². The maximum Gasteiger partial charge on any atom is 0.281 e. The number of carbonyl (C=O) groups excluding carboxylic acids is 2. The molecule has 3 rings (SSSR count). The van der Waals surface area contributed by atoms with Crippen molar-refractivity contribution in [3.63, 3.8) is 0 Å². The van der Waals surface area contributed by atoms with Crippen molar-refractivity contribution in [3.05, 3.63) is 57.9 Å². The lowest BCUT2D eigenvalue weighted by atomic mass is 10.2. The number of hydrogen-bond donors (Lipinski definition) is 2. The molecule has 0 aliphatic carbocycles. The molecule has 3 aromatic rings. The van der Waals surface area contributed by atoms with Crippen LogP contribution in [0.4, 0.5) is 0 Å². The molecular weight excluding hydrogens is 400 g/mol. The molecule has 0 unspecified atom stereocenters. The number of hydrogen-bond acceptors (Lipinski definition) is 5. The van der Waals surface area contributed by atoms with E-state index in [1.54, 1.807) is 18.2 Å². The maximum atomic E-state index is 12.4. The molecule has 8 heteroatoms. The van der Waals surface area contributed by atoms with Crippen LogP contribution in [0, 0.1) is 0 Å². The number of halogens is 1. The second-order valence-corrected chi connectivity index (χ2v) is 7.29. The average molecular weight is 419 g/mol. The summed E-state index contributed by atoms with van der Waals surface area (Å²) in [7, 11) is 1.50. The molecule has 0 bridgehead atoms. The van der Waals surface area contributed by atoms with Gasteiger partial charge < -0.3 is 9.47 Å². The monoisotopic (exact) mass is 418 g/mol. The van der Waals surface area contributed by atoms with E-state index in [1.165, 1.54) is 18.4 Å². The van der Waals surface area contributed by atoms with Crippen molar-refractivity contribution >= 4 is 44.8 Å². The van der Waals surface area contributed by atoms with Gasteiger partial charge in [-0.25, -0.2) is 0 Å². The molecule has 0 fully saturated rings. The van der Waals surface area contributed by atoms with Gasteiger partial charge in [-0.15, -0.1) is 11.3 Å². The van der Waals surface area contributed by atoms with Gasteiger partial charge in [-0.05, 0) is 30.7 Å². The van der Waals surface area contributed by atoms with Gasteiger partial charge >= 0.3 is 0 Å². The zero-order chi connectivity index (χ0) is 20.1. The lowest BCUT2D eigenvalue weighted by Gasteiger charge is -2.12. The molecule has 2 aromatic carbocycles. The number of hydrazine groups is 1. The molecule has 0 saturated heterocycles. The molecule has 2 amide bonds. The number of amides is 2. The zero-order valence-electron chi connectivity index (χ0n) is 15.4. The first-order valence-electron chi connectivity index (χ1n) is 8.63. The highest BCUT2D eigenvalue weighted by Gasteiger charge is 2.18. The SMILES string of the molecule is CCCOc1ccc(C(=O)NNC(=O)c2sc3ccccc3c2Cl)cc1OC. The van der Waals surface area contributed by atoms with E-state index in [0.29, 0.717) is 33.6 Å². The summed E-state index contributed by atoms with van der Waals surface area (Å²) >= 11 is 7.55. The summed E-state index contributed by atoms with van der Waals surface area (Å²) in [5.41, 5.74) is 5.12. The Morgan fingerprint density at radius 3 is 2.54 bits per heavy atom. The minimum atomic E-state index is -0.481. The van der Waals surface area contributed by atoms with Gasteiger partial charge in [0.2, 0.25) is 0 Å². The van der Waals surface area contributed by atoms with Crippen LogP contribution in [0.1, 0.15) is 33.4 Å². The predicted octanol–water partition coefficient (Wildman–Crippen LogP) is 4.43. The Morgan fingerprint density at radius 2 is 1.82 bits per heavy atom. The molecule has 0 aliphatic rings. The highest BCUT2D eigenvalue weighted by atomic mass is 35.5. The zero-order valence-corrected chi connectivity index (χ0v) is 16.9. The smallest absolute Gasteiger partial charge is 0.281 e. The number of ether oxygens (including phenoxy) is 2. The highest BCUT2D eigenvalue weighted by Crippen LogP contribution is 2.35. The fraction of sp³-hybridized carbons (Fsp3) is 0.200. The fourth-order valence-electron chi connectivity index (χ4n) is 2.54. The number of rotatable bonds is 6. The van der Waals surface area contributed by atoms with Crippen molar-refractivity contribution in [3.8, 4) is 11.5 Å². The minimum Gasteiger partial charge on any atom is -0.493 e. The van der Waals surface area contributed by atoms with Gasteiger partial charge in [-0.2, -0.15) is 0 Å². The Bertz CT molecular complexity index is 1020. The van der Waals surface area contributed by atoms with Crippen LogP contribution >= 0.6 is 22.9 Å². The van der Waals surface area contributed by atoms with E-state index in [1.807, 2.05) is 31.2 Å². The van der Waals surface area contributed by atoms with Gasteiger partial charge in [-0.1, -0.05) is 36.7 Å². The molecule has 0 aliphatic heterocycles. The summed E-state index contributed by atoms with van der Waals surface area (Å²) in [6, 6.07) is 12.3. The molecule has 1 heterocycles. The number of methoxy groups -OCH3 is 1. The Hall–Kier alpha value is -2.77. The van der Waals surface area contributed by atoms with Crippen LogP contribution in [-0.2, 0) is 0 Å². The molecule has 28 heavy (non-hydrogen) atoms. The van der Waals surface area contributed by atoms with Crippen LogP contribution in [0.2, 0.25) is 5.02 Å². The lowest BCUT2D eigenvalue weighted by Crippen LogP contribution is -2.41. The topological polar surface area (TPSA) is 76.7 Å². The van der Waals surface area contributed by atoms with Crippen molar-refractivity contribution in [2.75, 3.05) is 13.7 Å². The number of thiophene rings is 1. The normalized spacial score (nSPS) is 10.5. The number of carbonyl (C=O) groups is 2. The first kappa shape index (κ1) is 20.0. The van der Waals surface area contributed by atoms with Crippen LogP contribution in [-0.4, -0.2) is 25.5 Å². The van der Waals surface area contributed by atoms with Crippen LogP contribution in [0.5, 0.6) is 11.5 Å². The number of benzene rings is 2. The Morgan fingerprint density at radius 1 is 1.07 bits per heavy atom. The Kier molecular flexibility index (Phi) is 6.38. The molecule has 6 nitrogen and oxygen atoms in total. The molecule has 0 atom stereocenters. The molecule has 0 spiro atoms. The third-order valence-corrected chi connectivity index (χ3v) is 5.59. The van der Waals surface area contributed by atoms with E-state index in [2.05, 4.69) is 10.9 Å². The van der Waals surface area contributed by atoms with Crippen molar-refractivity contribution in [2.45, 2.75) is 13.3 Å². The van der Waals surface area contributed by atoms with E-state index in [-0.39, 0.29) is 0 Å². The van der Waals surface area contributed by atoms with Crippen molar-refractivity contribution < 1.29 is 19.1 Å². The third kappa shape index (κ3) is 4.21. The van der Waals surface area contributed by atoms with Crippen molar-refractivity contribution in [1.29, 1.82) is 0 Å². The van der Waals surface area contributed by atoms with E-state index < -0.39 is 11.8 Å². The van der Waals surface area contributed by atoms with E-state index >= 15 is 0 Å². The number of fused-ring (bicyclic) bond motifs is 1. The van der Waals surface area contributed by atoms with E-state index in [4.69, 9.17) is 21.1 Å². The third-order valence-electron chi connectivity index (χ3n) is 3.92. The second-order valence-electron chi connectivity index (χ2n) is 5.86. The summed E-state index contributed by atoms with van der Waals surface area (Å²) in [6.07, 6.45) is 0.859. The van der Waals surface area contributed by atoms with Crippen LogP contribution < -0.4 is 20.3 Å². The highest BCUT2D eigenvalue weighted by molar-refractivity contribution is 7.21.